The van der Waals surface area contributed by atoms with E-state index in [9.17, 15) is 0 Å². The summed E-state index contributed by atoms with van der Waals surface area (Å²) in [6.45, 7) is 15.2. The van der Waals surface area contributed by atoms with Crippen LogP contribution in [0.2, 0.25) is 0 Å². The van der Waals surface area contributed by atoms with Crippen LogP contribution in [0, 0.1) is 13.8 Å². The number of allylic oxidation sites excluding steroid dienone is 2. The van der Waals surface area contributed by atoms with Crippen molar-refractivity contribution in [3.63, 3.8) is 0 Å². The summed E-state index contributed by atoms with van der Waals surface area (Å²) in [6.07, 6.45) is 8.85. The summed E-state index contributed by atoms with van der Waals surface area (Å²) in [5.74, 6) is 0. The molecule has 0 saturated carbocycles. The molecule has 3 aromatic carbocycles. The fourth-order valence-electron chi connectivity index (χ4n) is 6.21. The van der Waals surface area contributed by atoms with Crippen LogP contribution in [-0.2, 0) is 13.1 Å². The predicted octanol–water partition coefficient (Wildman–Crippen LogP) is 9.84. The first-order chi connectivity index (χ1) is 17.0. The summed E-state index contributed by atoms with van der Waals surface area (Å²) in [6, 6.07) is 13.9. The maximum Gasteiger partial charge on any atom is 0.0582 e. The van der Waals surface area contributed by atoms with Crippen LogP contribution in [0.3, 0.4) is 0 Å². The largest absolute Gasteiger partial charge is 0.341 e. The first-order valence-electron chi connectivity index (χ1n) is 12.7. The van der Waals surface area contributed by atoms with E-state index in [2.05, 4.69) is 111 Å². The van der Waals surface area contributed by atoms with Gasteiger partial charge < -0.3 is 9.13 Å². The van der Waals surface area contributed by atoms with Crippen molar-refractivity contribution < 1.29 is 0 Å². The average molecular weight is 477 g/mol. The highest BCUT2D eigenvalue weighted by Crippen LogP contribution is 2.47. The van der Waals surface area contributed by atoms with Gasteiger partial charge in [0.05, 0.1) is 11.0 Å². The Morgan fingerprint density at radius 2 is 1.40 bits per heavy atom. The van der Waals surface area contributed by atoms with E-state index in [0.29, 0.717) is 0 Å². The molecular formula is C32H32N2S. The molecule has 0 N–H and O–H groups in total. The highest BCUT2D eigenvalue weighted by atomic mass is 32.1. The van der Waals surface area contributed by atoms with Crippen LogP contribution in [0.25, 0.3) is 64.9 Å². The summed E-state index contributed by atoms with van der Waals surface area (Å²) in [7, 11) is 0. The molecule has 3 heteroatoms. The monoisotopic (exact) mass is 476 g/mol. The van der Waals surface area contributed by atoms with Crippen LogP contribution in [0.1, 0.15) is 50.2 Å². The van der Waals surface area contributed by atoms with Gasteiger partial charge in [-0.3, -0.25) is 0 Å². The van der Waals surface area contributed by atoms with Crippen molar-refractivity contribution in [2.75, 3.05) is 0 Å². The second-order valence-corrected chi connectivity index (χ2v) is 10.5. The third-order valence-corrected chi connectivity index (χ3v) is 8.86. The molecule has 0 unspecified atom stereocenters. The lowest BCUT2D eigenvalue weighted by molar-refractivity contribution is 0.787. The molecule has 0 saturated heterocycles. The lowest BCUT2D eigenvalue weighted by atomic mass is 9.98. The van der Waals surface area contributed by atoms with Gasteiger partial charge in [0.15, 0.2) is 0 Å². The fourth-order valence-corrected chi connectivity index (χ4v) is 7.55. The van der Waals surface area contributed by atoms with Gasteiger partial charge in [0, 0.05) is 60.8 Å². The van der Waals surface area contributed by atoms with Gasteiger partial charge in [-0.05, 0) is 82.3 Å². The molecule has 3 heterocycles. The molecule has 0 bridgehead atoms. The lowest BCUT2D eigenvalue weighted by Crippen LogP contribution is -1.97. The van der Waals surface area contributed by atoms with Gasteiger partial charge in [-0.1, -0.05) is 36.4 Å². The molecule has 0 fully saturated rings. The first kappa shape index (κ1) is 22.2. The number of nitrogens with zero attached hydrogens (tertiary/aromatic N) is 2. The standard InChI is InChI=1S/C32H32N2S/c1-7-13-25-19(5)23-17-24-28(18-27(23)33(25)9-3)35-32-29-20(6)26(14-8-2)34(10-4)31(29)22-16-12-11-15-21(22)30(24)32/h7-8,11-18H,9-10H2,1-6H3/b13-7-,14-8-. The molecule has 0 aliphatic carbocycles. The number of rotatable bonds is 4. The van der Waals surface area contributed by atoms with Crippen molar-refractivity contribution in [3.8, 4) is 0 Å². The Kier molecular flexibility index (Phi) is 5.16. The molecule has 176 valence electrons. The van der Waals surface area contributed by atoms with Crippen molar-refractivity contribution in [2.24, 2.45) is 0 Å². The molecule has 0 atom stereocenters. The number of aryl methyl sites for hydroxylation is 4. The SMILES string of the molecule is C/C=C\c1c(C)c2cc3c(cc2n1CC)sc1c2c(C)c(/C=C\C)n(CC)c2c2ccccc2c31. The van der Waals surface area contributed by atoms with Crippen molar-refractivity contribution in [3.05, 3.63) is 71.1 Å². The van der Waals surface area contributed by atoms with E-state index >= 15 is 0 Å². The minimum absolute atomic E-state index is 0.960. The van der Waals surface area contributed by atoms with Gasteiger partial charge in [0.25, 0.3) is 0 Å². The lowest BCUT2D eigenvalue weighted by Gasteiger charge is -2.09. The minimum Gasteiger partial charge on any atom is -0.341 e. The predicted molar refractivity (Wildman–Crippen MR) is 158 cm³/mol. The van der Waals surface area contributed by atoms with Gasteiger partial charge in [0.2, 0.25) is 0 Å². The van der Waals surface area contributed by atoms with E-state index in [0.717, 1.165) is 13.1 Å². The van der Waals surface area contributed by atoms with Crippen molar-refractivity contribution >= 4 is 76.2 Å². The molecule has 0 radical (unpaired) electrons. The van der Waals surface area contributed by atoms with Crippen LogP contribution >= 0.6 is 11.3 Å². The number of thiophene rings is 1. The Labute approximate surface area is 210 Å². The Morgan fingerprint density at radius 1 is 0.743 bits per heavy atom. The van der Waals surface area contributed by atoms with Crippen LogP contribution in [-0.4, -0.2) is 9.13 Å². The fraction of sp³-hybridized carbons (Fsp3) is 0.250. The zero-order valence-corrected chi connectivity index (χ0v) is 22.3. The van der Waals surface area contributed by atoms with Crippen LogP contribution in [0.4, 0.5) is 0 Å². The summed E-state index contributed by atoms with van der Waals surface area (Å²) < 4.78 is 7.77. The van der Waals surface area contributed by atoms with Gasteiger partial charge in [-0.25, -0.2) is 0 Å². The van der Waals surface area contributed by atoms with E-state index in [4.69, 9.17) is 0 Å². The zero-order chi connectivity index (χ0) is 24.4. The Bertz CT molecular complexity index is 1850. The summed E-state index contributed by atoms with van der Waals surface area (Å²) in [5.41, 5.74) is 8.13. The highest BCUT2D eigenvalue weighted by molar-refractivity contribution is 7.27. The zero-order valence-electron chi connectivity index (χ0n) is 21.5. The molecule has 0 aliphatic heterocycles. The minimum atomic E-state index is 0.960. The molecule has 35 heavy (non-hydrogen) atoms. The first-order valence-corrected chi connectivity index (χ1v) is 13.5. The third kappa shape index (κ3) is 2.88. The maximum absolute atomic E-state index is 2.51. The van der Waals surface area contributed by atoms with Gasteiger partial charge in [-0.2, -0.15) is 0 Å². The molecule has 6 rings (SSSR count). The number of fused-ring (bicyclic) bond motifs is 9. The molecule has 0 aliphatic rings. The van der Waals surface area contributed by atoms with Crippen molar-refractivity contribution in [2.45, 2.75) is 54.6 Å². The Hall–Kier alpha value is -3.30. The number of benzene rings is 3. The smallest absolute Gasteiger partial charge is 0.0582 e. The Balaban J connectivity index is 1.88. The number of hydrogen-bond donors (Lipinski definition) is 0. The second kappa shape index (κ2) is 8.13. The maximum atomic E-state index is 2.51. The van der Waals surface area contributed by atoms with Gasteiger partial charge in [0.1, 0.15) is 0 Å². The summed E-state index contributed by atoms with van der Waals surface area (Å²) in [5, 5.41) is 8.30. The molecule has 0 spiro atoms. The normalized spacial score (nSPS) is 12.9. The van der Waals surface area contributed by atoms with Crippen LogP contribution in [0.15, 0.2) is 48.6 Å². The van der Waals surface area contributed by atoms with E-state index in [1.54, 1.807) is 0 Å². The van der Waals surface area contributed by atoms with E-state index in [1.807, 2.05) is 11.3 Å². The topological polar surface area (TPSA) is 9.86 Å². The number of hydrogen-bond acceptors (Lipinski definition) is 1. The second-order valence-electron chi connectivity index (χ2n) is 9.45. The van der Waals surface area contributed by atoms with E-state index in [-0.39, 0.29) is 0 Å². The van der Waals surface area contributed by atoms with Crippen LogP contribution in [0.5, 0.6) is 0 Å². The molecule has 6 aromatic rings. The number of aromatic nitrogens is 2. The molecule has 0 amide bonds. The molecular weight excluding hydrogens is 444 g/mol. The third-order valence-electron chi connectivity index (χ3n) is 7.69. The van der Waals surface area contributed by atoms with E-state index in [1.165, 1.54) is 75.3 Å². The van der Waals surface area contributed by atoms with Crippen LogP contribution < -0.4 is 0 Å². The quantitative estimate of drug-likeness (QED) is 0.239. The molecule has 2 nitrogen and oxygen atoms in total. The van der Waals surface area contributed by atoms with Crippen molar-refractivity contribution in [1.82, 2.24) is 9.13 Å². The van der Waals surface area contributed by atoms with Gasteiger partial charge >= 0.3 is 0 Å². The van der Waals surface area contributed by atoms with Gasteiger partial charge in [-0.15, -0.1) is 11.3 Å². The molecule has 3 aromatic heterocycles. The van der Waals surface area contributed by atoms with Crippen molar-refractivity contribution in [1.29, 1.82) is 0 Å². The Morgan fingerprint density at radius 3 is 2.06 bits per heavy atom. The van der Waals surface area contributed by atoms with E-state index < -0.39 is 0 Å². The summed E-state index contributed by atoms with van der Waals surface area (Å²) in [4.78, 5) is 0. The average Bonchev–Trinajstić information content (AvgIpc) is 3.46. The summed E-state index contributed by atoms with van der Waals surface area (Å²) >= 11 is 1.96. The highest BCUT2D eigenvalue weighted by Gasteiger charge is 2.22.